The number of allylic oxidation sites excluding steroid dienone is 4. The van der Waals surface area contributed by atoms with E-state index in [1.54, 1.807) is 24.3 Å². The first-order valence-corrected chi connectivity index (χ1v) is 8.78. The van der Waals surface area contributed by atoms with Gasteiger partial charge in [-0.3, -0.25) is 4.79 Å². The summed E-state index contributed by atoms with van der Waals surface area (Å²) in [5.41, 5.74) is 4.64. The molecule has 0 heterocycles. The van der Waals surface area contributed by atoms with Gasteiger partial charge in [-0.1, -0.05) is 84.9 Å². The van der Waals surface area contributed by atoms with Gasteiger partial charge >= 0.3 is 0 Å². The zero-order valence-corrected chi connectivity index (χ0v) is 14.6. The third kappa shape index (κ3) is 3.42. The van der Waals surface area contributed by atoms with Crippen molar-refractivity contribution in [3.63, 3.8) is 0 Å². The van der Waals surface area contributed by atoms with Crippen LogP contribution < -0.4 is 0 Å². The molecule has 0 amide bonds. The lowest BCUT2D eigenvalue weighted by Gasteiger charge is -2.13. The molecule has 0 N–H and O–H groups in total. The molecule has 1 nitrogen and oxygen atoms in total. The highest BCUT2D eigenvalue weighted by atomic mass is 19.1. The molecule has 2 heteroatoms. The molecular weight excluding hydrogens is 335 g/mol. The van der Waals surface area contributed by atoms with Gasteiger partial charge in [0.2, 0.25) is 0 Å². The summed E-state index contributed by atoms with van der Waals surface area (Å²) in [7, 11) is 0. The molecule has 0 spiro atoms. The molecule has 1 aliphatic carbocycles. The zero-order chi connectivity index (χ0) is 18.6. The van der Waals surface area contributed by atoms with Crippen LogP contribution in [-0.4, -0.2) is 5.78 Å². The molecule has 3 aromatic rings. The maximum absolute atomic E-state index is 14.5. The molecule has 0 fully saturated rings. The third-order valence-electron chi connectivity index (χ3n) is 4.60. The van der Waals surface area contributed by atoms with Gasteiger partial charge in [0.05, 0.1) is 0 Å². The van der Waals surface area contributed by atoms with E-state index in [2.05, 4.69) is 0 Å². The summed E-state index contributed by atoms with van der Waals surface area (Å²) in [6, 6.07) is 24.1. The van der Waals surface area contributed by atoms with E-state index in [-0.39, 0.29) is 11.6 Å². The minimum absolute atomic E-state index is 0.0501. The van der Waals surface area contributed by atoms with Crippen LogP contribution in [0, 0.1) is 5.82 Å². The summed E-state index contributed by atoms with van der Waals surface area (Å²) in [6.45, 7) is 0. The number of hydrogen-bond acceptors (Lipinski definition) is 1. The fraction of sp³-hybridized carbons (Fsp3) is 0. The van der Waals surface area contributed by atoms with Crippen molar-refractivity contribution in [3.05, 3.63) is 125 Å². The number of carbonyl (C=O) groups is 1. The summed E-state index contributed by atoms with van der Waals surface area (Å²) < 4.78 is 14.5. The number of fused-ring (bicyclic) bond motifs is 1. The van der Waals surface area contributed by atoms with Gasteiger partial charge in [-0.25, -0.2) is 4.39 Å². The average molecular weight is 352 g/mol. The number of carbonyl (C=O) groups excluding carboxylic acids is 1. The van der Waals surface area contributed by atoms with Crippen LogP contribution in [0.2, 0.25) is 0 Å². The van der Waals surface area contributed by atoms with Gasteiger partial charge in [0, 0.05) is 11.1 Å². The molecule has 0 radical (unpaired) electrons. The average Bonchev–Trinajstić information content (AvgIpc) is 2.71. The fourth-order valence-electron chi connectivity index (χ4n) is 3.25. The van der Waals surface area contributed by atoms with Gasteiger partial charge in [0.1, 0.15) is 5.82 Å². The van der Waals surface area contributed by atoms with E-state index < -0.39 is 0 Å². The van der Waals surface area contributed by atoms with E-state index in [1.807, 2.05) is 72.8 Å². The van der Waals surface area contributed by atoms with E-state index in [0.717, 1.165) is 22.3 Å². The standard InChI is InChI=1S/C25H17FO/c26-24-13-7-6-12-22(24)21(18-8-2-1-3-9-18)15-16-23-20-11-5-4-10-19(20)14-17-25(23)27/h1-17H/b21-15+,23-16-. The Morgan fingerprint density at radius 2 is 1.48 bits per heavy atom. The molecule has 0 aromatic heterocycles. The maximum atomic E-state index is 14.5. The van der Waals surface area contributed by atoms with Crippen molar-refractivity contribution in [1.82, 2.24) is 0 Å². The molecule has 0 atom stereocenters. The second-order valence-electron chi connectivity index (χ2n) is 6.29. The van der Waals surface area contributed by atoms with Crippen LogP contribution >= 0.6 is 0 Å². The Bertz CT molecular complexity index is 1090. The molecule has 27 heavy (non-hydrogen) atoms. The van der Waals surface area contributed by atoms with Crippen LogP contribution in [0.5, 0.6) is 0 Å². The van der Waals surface area contributed by atoms with Gasteiger partial charge in [0.15, 0.2) is 5.78 Å². The second-order valence-corrected chi connectivity index (χ2v) is 6.29. The van der Waals surface area contributed by atoms with Gasteiger partial charge in [-0.2, -0.15) is 0 Å². The van der Waals surface area contributed by atoms with E-state index in [9.17, 15) is 9.18 Å². The Balaban J connectivity index is 1.88. The minimum Gasteiger partial charge on any atom is -0.289 e. The first-order valence-electron chi connectivity index (χ1n) is 8.78. The van der Waals surface area contributed by atoms with E-state index in [1.165, 1.54) is 6.07 Å². The van der Waals surface area contributed by atoms with Crippen LogP contribution in [0.4, 0.5) is 4.39 Å². The van der Waals surface area contributed by atoms with Gasteiger partial charge in [-0.15, -0.1) is 0 Å². The summed E-state index contributed by atoms with van der Waals surface area (Å²) in [6.07, 6.45) is 7.03. The van der Waals surface area contributed by atoms with Crippen molar-refractivity contribution in [2.45, 2.75) is 0 Å². The predicted molar refractivity (Wildman–Crippen MR) is 108 cm³/mol. The van der Waals surface area contributed by atoms with Gasteiger partial charge in [-0.05, 0) is 40.5 Å². The Labute approximate surface area is 157 Å². The van der Waals surface area contributed by atoms with Gasteiger partial charge in [0.25, 0.3) is 0 Å². The SMILES string of the molecule is O=C1C=Cc2ccccc2/C1=C/C=C(\c1ccccc1)c1ccccc1F. The molecule has 0 unspecified atom stereocenters. The maximum Gasteiger partial charge on any atom is 0.186 e. The Hall–Kier alpha value is -3.52. The normalized spacial score (nSPS) is 15.1. The smallest absolute Gasteiger partial charge is 0.186 e. The topological polar surface area (TPSA) is 17.1 Å². The highest BCUT2D eigenvalue weighted by Gasteiger charge is 2.16. The Kier molecular flexibility index (Phi) is 4.63. The largest absolute Gasteiger partial charge is 0.289 e. The monoisotopic (exact) mass is 352 g/mol. The first kappa shape index (κ1) is 16.9. The minimum atomic E-state index is -0.290. The quantitative estimate of drug-likeness (QED) is 0.533. The summed E-state index contributed by atoms with van der Waals surface area (Å²) in [4.78, 5) is 12.5. The molecule has 3 aromatic carbocycles. The zero-order valence-electron chi connectivity index (χ0n) is 14.6. The van der Waals surface area contributed by atoms with E-state index in [4.69, 9.17) is 0 Å². The molecular formula is C25H17FO. The number of rotatable bonds is 3. The molecule has 0 aliphatic heterocycles. The van der Waals surface area contributed by atoms with Crippen molar-refractivity contribution < 1.29 is 9.18 Å². The van der Waals surface area contributed by atoms with Crippen molar-refractivity contribution in [1.29, 1.82) is 0 Å². The number of benzene rings is 3. The Morgan fingerprint density at radius 3 is 2.30 bits per heavy atom. The fourth-order valence-corrected chi connectivity index (χ4v) is 3.25. The first-order chi connectivity index (χ1) is 13.2. The van der Waals surface area contributed by atoms with E-state index >= 15 is 0 Å². The number of ketones is 1. The highest BCUT2D eigenvalue weighted by molar-refractivity contribution is 6.30. The molecule has 0 saturated carbocycles. The van der Waals surface area contributed by atoms with Crippen LogP contribution in [0.3, 0.4) is 0 Å². The van der Waals surface area contributed by atoms with Crippen LogP contribution in [-0.2, 0) is 4.79 Å². The molecule has 0 bridgehead atoms. The van der Waals surface area contributed by atoms with E-state index in [0.29, 0.717) is 11.1 Å². The summed E-state index contributed by atoms with van der Waals surface area (Å²) in [5, 5.41) is 0. The van der Waals surface area contributed by atoms with Crippen molar-refractivity contribution in [2.75, 3.05) is 0 Å². The highest BCUT2D eigenvalue weighted by Crippen LogP contribution is 2.29. The number of halogens is 1. The van der Waals surface area contributed by atoms with Crippen LogP contribution in [0.1, 0.15) is 22.3 Å². The van der Waals surface area contributed by atoms with Gasteiger partial charge < -0.3 is 0 Å². The van der Waals surface area contributed by atoms with Crippen LogP contribution in [0.25, 0.3) is 17.2 Å². The van der Waals surface area contributed by atoms with Crippen molar-refractivity contribution in [2.24, 2.45) is 0 Å². The third-order valence-corrected chi connectivity index (χ3v) is 4.60. The lowest BCUT2D eigenvalue weighted by Crippen LogP contribution is -2.04. The lowest BCUT2D eigenvalue weighted by atomic mass is 9.90. The predicted octanol–water partition coefficient (Wildman–Crippen LogP) is 5.94. The molecule has 1 aliphatic rings. The van der Waals surface area contributed by atoms with Crippen molar-refractivity contribution >= 4 is 23.0 Å². The summed E-state index contributed by atoms with van der Waals surface area (Å²) in [5.74, 6) is -0.341. The second kappa shape index (κ2) is 7.38. The Morgan fingerprint density at radius 1 is 0.778 bits per heavy atom. The lowest BCUT2D eigenvalue weighted by molar-refractivity contribution is -0.109. The van der Waals surface area contributed by atoms with Crippen LogP contribution in [0.15, 0.2) is 97.1 Å². The molecule has 4 rings (SSSR count). The number of hydrogen-bond donors (Lipinski definition) is 0. The molecule has 0 saturated heterocycles. The van der Waals surface area contributed by atoms with Crippen molar-refractivity contribution in [3.8, 4) is 0 Å². The summed E-state index contributed by atoms with van der Waals surface area (Å²) >= 11 is 0. The molecule has 130 valence electrons.